The molecule has 1 aromatic rings. The lowest BCUT2D eigenvalue weighted by Crippen LogP contribution is -2.43. The third kappa shape index (κ3) is 2.90. The Hall–Kier alpha value is -1.36. The van der Waals surface area contributed by atoms with Crippen LogP contribution in [0.2, 0.25) is 0 Å². The van der Waals surface area contributed by atoms with Crippen LogP contribution in [0.25, 0.3) is 0 Å². The maximum Gasteiger partial charge on any atom is 0.271 e. The summed E-state index contributed by atoms with van der Waals surface area (Å²) in [7, 11) is 1.85. The van der Waals surface area contributed by atoms with Gasteiger partial charge in [0, 0.05) is 19.8 Å². The second kappa shape index (κ2) is 5.52. The van der Waals surface area contributed by atoms with Crippen molar-refractivity contribution in [3.8, 4) is 0 Å². The zero-order chi connectivity index (χ0) is 13.0. The molecule has 1 amide bonds. The standard InChI is InChI=1S/C13H22N4O/c1-17-7-11(16-10-17)12(18)15-9-13(8-14)5-3-2-4-6-13/h7,10H,2-6,8-9,14H2,1H3,(H,15,18). The number of nitrogens with zero attached hydrogens (tertiary/aromatic N) is 2. The van der Waals surface area contributed by atoms with E-state index in [4.69, 9.17) is 5.73 Å². The number of hydrogen-bond acceptors (Lipinski definition) is 3. The molecular weight excluding hydrogens is 228 g/mol. The molecule has 0 atom stereocenters. The molecule has 1 fully saturated rings. The quantitative estimate of drug-likeness (QED) is 0.839. The number of carbonyl (C=O) groups is 1. The first kappa shape index (κ1) is 13.1. The molecule has 5 nitrogen and oxygen atoms in total. The highest BCUT2D eigenvalue weighted by Crippen LogP contribution is 2.34. The minimum atomic E-state index is -0.103. The average Bonchev–Trinajstić information content (AvgIpc) is 2.84. The summed E-state index contributed by atoms with van der Waals surface area (Å²) in [5, 5.41) is 2.98. The SMILES string of the molecule is Cn1cnc(C(=O)NCC2(CN)CCCCC2)c1. The number of nitrogens with one attached hydrogen (secondary N) is 1. The molecule has 0 bridgehead atoms. The summed E-state index contributed by atoms with van der Waals surface area (Å²) in [5.74, 6) is -0.103. The van der Waals surface area contributed by atoms with E-state index in [1.807, 2.05) is 7.05 Å². The fourth-order valence-electron chi connectivity index (χ4n) is 2.64. The number of rotatable bonds is 4. The highest BCUT2D eigenvalue weighted by molar-refractivity contribution is 5.92. The van der Waals surface area contributed by atoms with Crippen LogP contribution in [0.5, 0.6) is 0 Å². The molecule has 0 aromatic carbocycles. The molecule has 1 saturated carbocycles. The molecule has 0 aliphatic heterocycles. The van der Waals surface area contributed by atoms with E-state index in [-0.39, 0.29) is 11.3 Å². The Balaban J connectivity index is 1.91. The first-order chi connectivity index (χ1) is 8.65. The first-order valence-corrected chi connectivity index (χ1v) is 6.61. The average molecular weight is 250 g/mol. The number of carbonyl (C=O) groups excluding carboxylic acids is 1. The Labute approximate surface area is 108 Å². The molecule has 1 aromatic heterocycles. The summed E-state index contributed by atoms with van der Waals surface area (Å²) < 4.78 is 1.77. The van der Waals surface area contributed by atoms with Crippen molar-refractivity contribution in [1.29, 1.82) is 0 Å². The van der Waals surface area contributed by atoms with E-state index in [1.54, 1.807) is 17.1 Å². The summed E-state index contributed by atoms with van der Waals surface area (Å²) in [6, 6.07) is 0. The predicted octanol–water partition coefficient (Wildman–Crippen LogP) is 1.06. The lowest BCUT2D eigenvalue weighted by molar-refractivity contribution is 0.0909. The zero-order valence-electron chi connectivity index (χ0n) is 11.0. The largest absolute Gasteiger partial charge is 0.350 e. The zero-order valence-corrected chi connectivity index (χ0v) is 11.0. The van der Waals surface area contributed by atoms with Crippen molar-refractivity contribution in [2.24, 2.45) is 18.2 Å². The van der Waals surface area contributed by atoms with Crippen LogP contribution in [0, 0.1) is 5.41 Å². The number of imidazole rings is 1. The van der Waals surface area contributed by atoms with Crippen LogP contribution in [0.3, 0.4) is 0 Å². The van der Waals surface area contributed by atoms with Gasteiger partial charge < -0.3 is 15.6 Å². The summed E-state index contributed by atoms with van der Waals surface area (Å²) in [5.41, 5.74) is 6.47. The van der Waals surface area contributed by atoms with Crippen LogP contribution in [0.15, 0.2) is 12.5 Å². The van der Waals surface area contributed by atoms with Gasteiger partial charge in [0.05, 0.1) is 6.33 Å². The van der Waals surface area contributed by atoms with Gasteiger partial charge in [-0.3, -0.25) is 4.79 Å². The van der Waals surface area contributed by atoms with Crippen molar-refractivity contribution in [3.05, 3.63) is 18.2 Å². The first-order valence-electron chi connectivity index (χ1n) is 6.61. The second-order valence-corrected chi connectivity index (χ2v) is 5.37. The van der Waals surface area contributed by atoms with E-state index >= 15 is 0 Å². The Morgan fingerprint density at radius 1 is 1.50 bits per heavy atom. The topological polar surface area (TPSA) is 72.9 Å². The molecular formula is C13H22N4O. The van der Waals surface area contributed by atoms with Gasteiger partial charge in [0.1, 0.15) is 5.69 Å². The highest BCUT2D eigenvalue weighted by Gasteiger charge is 2.31. The van der Waals surface area contributed by atoms with Crippen LogP contribution >= 0.6 is 0 Å². The summed E-state index contributed by atoms with van der Waals surface area (Å²) >= 11 is 0. The van der Waals surface area contributed by atoms with Gasteiger partial charge in [-0.05, 0) is 24.8 Å². The molecule has 100 valence electrons. The van der Waals surface area contributed by atoms with E-state index in [0.717, 1.165) is 12.8 Å². The van der Waals surface area contributed by atoms with E-state index in [1.165, 1.54) is 19.3 Å². The lowest BCUT2D eigenvalue weighted by atomic mass is 9.74. The second-order valence-electron chi connectivity index (χ2n) is 5.37. The maximum atomic E-state index is 11.9. The highest BCUT2D eigenvalue weighted by atomic mass is 16.1. The molecule has 1 aliphatic rings. The van der Waals surface area contributed by atoms with Crippen molar-refractivity contribution in [2.75, 3.05) is 13.1 Å². The van der Waals surface area contributed by atoms with Gasteiger partial charge in [-0.15, -0.1) is 0 Å². The Kier molecular flexibility index (Phi) is 4.01. The van der Waals surface area contributed by atoms with Gasteiger partial charge in [-0.2, -0.15) is 0 Å². The molecule has 2 rings (SSSR count). The number of aryl methyl sites for hydroxylation is 1. The summed E-state index contributed by atoms with van der Waals surface area (Å²) in [6.07, 6.45) is 9.32. The monoisotopic (exact) mass is 250 g/mol. The number of hydrogen-bond donors (Lipinski definition) is 2. The molecule has 1 heterocycles. The lowest BCUT2D eigenvalue weighted by Gasteiger charge is -2.36. The molecule has 0 saturated heterocycles. The molecule has 5 heteroatoms. The molecule has 0 radical (unpaired) electrons. The van der Waals surface area contributed by atoms with Crippen LogP contribution < -0.4 is 11.1 Å². The van der Waals surface area contributed by atoms with Crippen LogP contribution in [-0.2, 0) is 7.05 Å². The Bertz CT molecular complexity index is 407. The van der Waals surface area contributed by atoms with E-state index in [9.17, 15) is 4.79 Å². The fourth-order valence-corrected chi connectivity index (χ4v) is 2.64. The smallest absolute Gasteiger partial charge is 0.271 e. The summed E-state index contributed by atoms with van der Waals surface area (Å²) in [4.78, 5) is 16.0. The Morgan fingerprint density at radius 3 is 2.78 bits per heavy atom. The normalized spacial score (nSPS) is 18.6. The van der Waals surface area contributed by atoms with Crippen molar-refractivity contribution < 1.29 is 4.79 Å². The van der Waals surface area contributed by atoms with Gasteiger partial charge in [-0.25, -0.2) is 4.98 Å². The van der Waals surface area contributed by atoms with E-state index in [0.29, 0.717) is 18.8 Å². The number of nitrogens with two attached hydrogens (primary N) is 1. The van der Waals surface area contributed by atoms with Crippen molar-refractivity contribution in [2.45, 2.75) is 32.1 Å². The van der Waals surface area contributed by atoms with Gasteiger partial charge in [0.15, 0.2) is 0 Å². The number of aromatic nitrogens is 2. The minimum Gasteiger partial charge on any atom is -0.350 e. The van der Waals surface area contributed by atoms with Crippen LogP contribution in [0.1, 0.15) is 42.6 Å². The van der Waals surface area contributed by atoms with Crippen LogP contribution in [-0.4, -0.2) is 28.5 Å². The van der Waals surface area contributed by atoms with Gasteiger partial charge in [0.2, 0.25) is 0 Å². The third-order valence-corrected chi connectivity index (χ3v) is 3.91. The third-order valence-electron chi connectivity index (χ3n) is 3.91. The van der Waals surface area contributed by atoms with Crippen molar-refractivity contribution >= 4 is 5.91 Å². The maximum absolute atomic E-state index is 11.9. The predicted molar refractivity (Wildman–Crippen MR) is 70.1 cm³/mol. The fraction of sp³-hybridized carbons (Fsp3) is 0.692. The van der Waals surface area contributed by atoms with Crippen LogP contribution in [0.4, 0.5) is 0 Å². The Morgan fingerprint density at radius 2 is 2.22 bits per heavy atom. The molecule has 0 unspecified atom stereocenters. The molecule has 1 aliphatic carbocycles. The molecule has 3 N–H and O–H groups in total. The van der Waals surface area contributed by atoms with E-state index < -0.39 is 0 Å². The molecule has 18 heavy (non-hydrogen) atoms. The van der Waals surface area contributed by atoms with Gasteiger partial charge in [-0.1, -0.05) is 19.3 Å². The van der Waals surface area contributed by atoms with Crippen molar-refractivity contribution in [3.63, 3.8) is 0 Å². The van der Waals surface area contributed by atoms with E-state index in [2.05, 4.69) is 10.3 Å². The van der Waals surface area contributed by atoms with Gasteiger partial charge >= 0.3 is 0 Å². The minimum absolute atomic E-state index is 0.0999. The summed E-state index contributed by atoms with van der Waals surface area (Å²) in [6.45, 7) is 1.31. The van der Waals surface area contributed by atoms with Gasteiger partial charge in [0.25, 0.3) is 5.91 Å². The molecule has 0 spiro atoms. The van der Waals surface area contributed by atoms with Crippen molar-refractivity contribution in [1.82, 2.24) is 14.9 Å². The number of amides is 1.